The van der Waals surface area contributed by atoms with Crippen LogP contribution in [0.15, 0.2) is 35.2 Å². The van der Waals surface area contributed by atoms with E-state index < -0.39 is 12.1 Å². The lowest BCUT2D eigenvalue weighted by Crippen LogP contribution is -2.35. The van der Waals surface area contributed by atoms with Crippen molar-refractivity contribution in [3.8, 4) is 0 Å². The molecule has 0 radical (unpaired) electrons. The number of hydrogen-bond acceptors (Lipinski definition) is 7. The highest BCUT2D eigenvalue weighted by Gasteiger charge is 2.31. The van der Waals surface area contributed by atoms with Gasteiger partial charge in [0.1, 0.15) is 5.00 Å². The predicted molar refractivity (Wildman–Crippen MR) is 117 cm³/mol. The zero-order valence-corrected chi connectivity index (χ0v) is 18.6. The van der Waals surface area contributed by atoms with Crippen molar-refractivity contribution >= 4 is 46.1 Å². The van der Waals surface area contributed by atoms with Gasteiger partial charge >= 0.3 is 12.1 Å². The van der Waals surface area contributed by atoms with Crippen LogP contribution in [0.5, 0.6) is 0 Å². The molecule has 0 unspecified atom stereocenters. The monoisotopic (exact) mass is 448 g/mol. The second-order valence-electron chi connectivity index (χ2n) is 6.53. The summed E-state index contributed by atoms with van der Waals surface area (Å²) in [5, 5.41) is 3.37. The van der Waals surface area contributed by atoms with Crippen LogP contribution in [-0.4, -0.2) is 48.9 Å². The van der Waals surface area contributed by atoms with Gasteiger partial charge in [-0.25, -0.2) is 9.59 Å². The van der Waals surface area contributed by atoms with Crippen molar-refractivity contribution in [1.82, 2.24) is 4.90 Å². The van der Waals surface area contributed by atoms with Gasteiger partial charge in [-0.15, -0.1) is 23.1 Å². The van der Waals surface area contributed by atoms with E-state index in [1.165, 1.54) is 18.4 Å². The number of hydrogen-bond donors (Lipinski definition) is 1. The van der Waals surface area contributed by atoms with Gasteiger partial charge < -0.3 is 19.7 Å². The molecule has 2 heterocycles. The van der Waals surface area contributed by atoms with Gasteiger partial charge in [0.15, 0.2) is 0 Å². The molecule has 0 atom stereocenters. The van der Waals surface area contributed by atoms with E-state index in [9.17, 15) is 14.4 Å². The number of carbonyl (C=O) groups excluding carboxylic acids is 3. The van der Waals surface area contributed by atoms with Gasteiger partial charge in [0, 0.05) is 28.5 Å². The highest BCUT2D eigenvalue weighted by atomic mass is 32.2. The number of fused-ring (bicyclic) bond motifs is 1. The summed E-state index contributed by atoms with van der Waals surface area (Å²) in [7, 11) is 1.34. The van der Waals surface area contributed by atoms with Gasteiger partial charge in [-0.2, -0.15) is 0 Å². The van der Waals surface area contributed by atoms with Gasteiger partial charge in [0.25, 0.3) is 0 Å². The average Bonchev–Trinajstić information content (AvgIpc) is 3.11. The fourth-order valence-corrected chi connectivity index (χ4v) is 5.30. The average molecular weight is 449 g/mol. The van der Waals surface area contributed by atoms with E-state index in [1.54, 1.807) is 23.6 Å². The molecule has 1 aliphatic heterocycles. The SMILES string of the molecule is CCOC(=O)c1c(NC(=O)CCSc2ccccc2)sc2c1CCN(C(=O)OC)C2. The Hall–Kier alpha value is -2.52. The van der Waals surface area contributed by atoms with Gasteiger partial charge in [0.2, 0.25) is 5.91 Å². The second kappa shape index (κ2) is 10.5. The lowest BCUT2D eigenvalue weighted by atomic mass is 10.0. The van der Waals surface area contributed by atoms with Crippen LogP contribution in [0.1, 0.15) is 34.1 Å². The number of ether oxygens (including phenoxy) is 2. The Balaban J connectivity index is 1.71. The fraction of sp³-hybridized carbons (Fsp3) is 0.381. The van der Waals surface area contributed by atoms with Crippen LogP contribution >= 0.6 is 23.1 Å². The normalized spacial score (nSPS) is 12.8. The summed E-state index contributed by atoms with van der Waals surface area (Å²) in [6, 6.07) is 9.88. The summed E-state index contributed by atoms with van der Waals surface area (Å²) in [5.74, 6) is 0.0223. The van der Waals surface area contributed by atoms with Crippen LogP contribution in [0.4, 0.5) is 9.80 Å². The minimum Gasteiger partial charge on any atom is -0.462 e. The Morgan fingerprint density at radius 3 is 2.70 bits per heavy atom. The lowest BCUT2D eigenvalue weighted by molar-refractivity contribution is -0.115. The van der Waals surface area contributed by atoms with Crippen molar-refractivity contribution in [3.05, 3.63) is 46.3 Å². The van der Waals surface area contributed by atoms with E-state index in [4.69, 9.17) is 9.47 Å². The van der Waals surface area contributed by atoms with Gasteiger partial charge in [-0.05, 0) is 31.0 Å². The number of anilines is 1. The molecule has 0 aliphatic carbocycles. The van der Waals surface area contributed by atoms with E-state index >= 15 is 0 Å². The molecule has 3 rings (SSSR count). The Labute approximate surface area is 183 Å². The standard InChI is InChI=1S/C21H24N2O5S2/c1-3-28-20(25)18-15-9-11-23(21(26)27-2)13-16(15)30-19(18)22-17(24)10-12-29-14-7-5-4-6-8-14/h4-8H,3,9-13H2,1-2H3,(H,22,24). The van der Waals surface area contributed by atoms with Gasteiger partial charge in [-0.3, -0.25) is 4.79 Å². The molecule has 1 N–H and O–H groups in total. The molecule has 2 amide bonds. The zero-order valence-electron chi connectivity index (χ0n) is 16.9. The lowest BCUT2D eigenvalue weighted by Gasteiger charge is -2.25. The van der Waals surface area contributed by atoms with Crippen LogP contribution in [0.25, 0.3) is 0 Å². The second-order valence-corrected chi connectivity index (χ2v) is 8.80. The molecule has 0 spiro atoms. The van der Waals surface area contributed by atoms with Crippen molar-refractivity contribution in [1.29, 1.82) is 0 Å². The first-order chi connectivity index (χ1) is 14.5. The quantitative estimate of drug-likeness (QED) is 0.505. The maximum atomic E-state index is 12.6. The third kappa shape index (κ3) is 5.34. The van der Waals surface area contributed by atoms with E-state index in [0.29, 0.717) is 42.2 Å². The number of carbonyl (C=O) groups is 3. The minimum absolute atomic E-state index is 0.160. The third-order valence-electron chi connectivity index (χ3n) is 4.56. The maximum Gasteiger partial charge on any atom is 0.409 e. The maximum absolute atomic E-state index is 12.6. The molecule has 0 saturated carbocycles. The number of nitrogens with zero attached hydrogens (tertiary/aromatic N) is 1. The molecule has 160 valence electrons. The number of benzene rings is 1. The summed E-state index contributed by atoms with van der Waals surface area (Å²) < 4.78 is 10.0. The molecule has 1 aromatic carbocycles. The highest BCUT2D eigenvalue weighted by Crippen LogP contribution is 2.38. The molecule has 7 nitrogen and oxygen atoms in total. The summed E-state index contributed by atoms with van der Waals surface area (Å²) in [5.41, 5.74) is 1.25. The fourth-order valence-electron chi connectivity index (χ4n) is 3.16. The third-order valence-corrected chi connectivity index (χ3v) is 6.71. The first-order valence-corrected chi connectivity index (χ1v) is 11.5. The molecule has 30 heavy (non-hydrogen) atoms. The largest absolute Gasteiger partial charge is 0.462 e. The molecule has 2 aromatic rings. The number of amides is 2. The van der Waals surface area contributed by atoms with Gasteiger partial charge in [-0.1, -0.05) is 18.2 Å². The van der Waals surface area contributed by atoms with Crippen LogP contribution < -0.4 is 5.32 Å². The van der Waals surface area contributed by atoms with E-state index in [0.717, 1.165) is 15.3 Å². The molecule has 9 heteroatoms. The molecule has 0 fully saturated rings. The topological polar surface area (TPSA) is 84.9 Å². The predicted octanol–water partition coefficient (Wildman–Crippen LogP) is 4.17. The number of thioether (sulfide) groups is 1. The molecule has 0 bridgehead atoms. The molecular formula is C21H24N2O5S2. The Morgan fingerprint density at radius 1 is 1.23 bits per heavy atom. The number of methoxy groups -OCH3 is 1. The summed E-state index contributed by atoms with van der Waals surface area (Å²) in [6.07, 6.45) is 0.420. The van der Waals surface area contributed by atoms with Crippen LogP contribution in [0, 0.1) is 0 Å². The number of nitrogens with one attached hydrogen (secondary N) is 1. The van der Waals surface area contributed by atoms with Crippen molar-refractivity contribution in [2.45, 2.75) is 31.2 Å². The van der Waals surface area contributed by atoms with Crippen molar-refractivity contribution < 1.29 is 23.9 Å². The smallest absolute Gasteiger partial charge is 0.409 e. The van der Waals surface area contributed by atoms with Crippen LogP contribution in [0.2, 0.25) is 0 Å². The van der Waals surface area contributed by atoms with Crippen molar-refractivity contribution in [2.75, 3.05) is 31.3 Å². The van der Waals surface area contributed by atoms with E-state index in [2.05, 4.69) is 5.32 Å². The van der Waals surface area contributed by atoms with Crippen molar-refractivity contribution in [3.63, 3.8) is 0 Å². The Bertz CT molecular complexity index is 914. The first kappa shape index (κ1) is 22.2. The van der Waals surface area contributed by atoms with Gasteiger partial charge in [0.05, 0.1) is 25.8 Å². The molecular weight excluding hydrogens is 424 g/mol. The number of rotatable bonds is 7. The number of thiophene rings is 1. The zero-order chi connectivity index (χ0) is 21.5. The van der Waals surface area contributed by atoms with E-state index in [-0.39, 0.29) is 12.5 Å². The minimum atomic E-state index is -0.449. The Kier molecular flexibility index (Phi) is 7.75. The summed E-state index contributed by atoms with van der Waals surface area (Å²) >= 11 is 2.92. The molecule has 0 saturated heterocycles. The Morgan fingerprint density at radius 2 is 2.00 bits per heavy atom. The molecule has 1 aromatic heterocycles. The molecule has 1 aliphatic rings. The number of esters is 1. The van der Waals surface area contributed by atoms with Crippen LogP contribution in [-0.2, 0) is 27.2 Å². The van der Waals surface area contributed by atoms with Crippen molar-refractivity contribution in [2.24, 2.45) is 0 Å². The first-order valence-electron chi connectivity index (χ1n) is 9.65. The van der Waals surface area contributed by atoms with Crippen LogP contribution in [0.3, 0.4) is 0 Å². The summed E-state index contributed by atoms with van der Waals surface area (Å²) in [6.45, 7) is 2.79. The summed E-state index contributed by atoms with van der Waals surface area (Å²) in [4.78, 5) is 40.5. The van der Waals surface area contributed by atoms with E-state index in [1.807, 2.05) is 30.3 Å². The highest BCUT2D eigenvalue weighted by molar-refractivity contribution is 7.99.